The summed E-state index contributed by atoms with van der Waals surface area (Å²) in [7, 11) is 0. The Bertz CT molecular complexity index is 750. The van der Waals surface area contributed by atoms with Gasteiger partial charge in [0.1, 0.15) is 0 Å². The molecule has 2 unspecified atom stereocenters. The third kappa shape index (κ3) is 3.61. The van der Waals surface area contributed by atoms with Gasteiger partial charge in [-0.15, -0.1) is 0 Å². The zero-order valence-corrected chi connectivity index (χ0v) is 14.0. The van der Waals surface area contributed by atoms with E-state index in [1.54, 1.807) is 0 Å². The van der Waals surface area contributed by atoms with Gasteiger partial charge in [0.2, 0.25) is 5.91 Å². The van der Waals surface area contributed by atoms with Crippen LogP contribution in [0.2, 0.25) is 0 Å². The number of H-pyrrole nitrogens is 1. The maximum Gasteiger partial charge on any atom is 0.306 e. The van der Waals surface area contributed by atoms with Crippen LogP contribution in [-0.2, 0) is 16.0 Å². The monoisotopic (exact) mass is 328 g/mol. The van der Waals surface area contributed by atoms with E-state index in [1.165, 1.54) is 16.5 Å². The van der Waals surface area contributed by atoms with Crippen molar-refractivity contribution < 1.29 is 14.7 Å². The zero-order valence-electron chi connectivity index (χ0n) is 14.0. The summed E-state index contributed by atoms with van der Waals surface area (Å²) in [5.41, 5.74) is 3.53. The number of aromatic nitrogens is 1. The molecule has 128 valence electrons. The Balaban J connectivity index is 1.53. The summed E-state index contributed by atoms with van der Waals surface area (Å²) in [5, 5.41) is 13.3. The standard InChI is InChI=1S/C19H24N2O3/c1-12-5-6-16-15(11-21-17(16)9-12)7-8-20-18(22)13-3-2-4-14(10-13)19(23)24/h5-6,9,11,13-14,21H,2-4,7-8,10H2,1H3,(H,20,22)(H,23,24). The molecule has 1 aromatic heterocycles. The van der Waals surface area contributed by atoms with Crippen molar-refractivity contribution in [3.63, 3.8) is 0 Å². The summed E-state index contributed by atoms with van der Waals surface area (Å²) in [4.78, 5) is 26.7. The number of aryl methyl sites for hydroxylation is 1. The SMILES string of the molecule is Cc1ccc2c(CCNC(=O)C3CCCC(C(=O)O)C3)c[nH]c2c1. The summed E-state index contributed by atoms with van der Waals surface area (Å²) >= 11 is 0. The molecule has 0 aliphatic heterocycles. The number of hydrogen-bond acceptors (Lipinski definition) is 2. The maximum atomic E-state index is 12.3. The molecule has 3 rings (SSSR count). The Hall–Kier alpha value is -2.30. The molecule has 1 aromatic carbocycles. The van der Waals surface area contributed by atoms with E-state index in [-0.39, 0.29) is 17.7 Å². The van der Waals surface area contributed by atoms with E-state index in [4.69, 9.17) is 5.11 Å². The van der Waals surface area contributed by atoms with Gasteiger partial charge in [-0.3, -0.25) is 9.59 Å². The van der Waals surface area contributed by atoms with Crippen molar-refractivity contribution in [1.82, 2.24) is 10.3 Å². The van der Waals surface area contributed by atoms with Gasteiger partial charge in [-0.25, -0.2) is 0 Å². The lowest BCUT2D eigenvalue weighted by Gasteiger charge is -2.25. The van der Waals surface area contributed by atoms with Crippen molar-refractivity contribution >= 4 is 22.8 Å². The molecule has 1 amide bonds. The quantitative estimate of drug-likeness (QED) is 0.789. The average molecular weight is 328 g/mol. The Morgan fingerprint density at radius 1 is 1.29 bits per heavy atom. The van der Waals surface area contributed by atoms with Crippen LogP contribution in [0.3, 0.4) is 0 Å². The van der Waals surface area contributed by atoms with Crippen LogP contribution in [0.25, 0.3) is 10.9 Å². The average Bonchev–Trinajstić information content (AvgIpc) is 2.97. The molecular weight excluding hydrogens is 304 g/mol. The van der Waals surface area contributed by atoms with Gasteiger partial charge in [-0.05, 0) is 49.8 Å². The van der Waals surface area contributed by atoms with E-state index in [9.17, 15) is 9.59 Å². The van der Waals surface area contributed by atoms with Gasteiger partial charge in [-0.1, -0.05) is 18.6 Å². The van der Waals surface area contributed by atoms with Crippen LogP contribution in [0.5, 0.6) is 0 Å². The normalized spacial score (nSPS) is 20.9. The zero-order chi connectivity index (χ0) is 17.1. The maximum absolute atomic E-state index is 12.3. The number of carboxylic acid groups (broad SMARTS) is 1. The molecule has 5 nitrogen and oxygen atoms in total. The van der Waals surface area contributed by atoms with Crippen molar-refractivity contribution in [2.45, 2.75) is 39.0 Å². The third-order valence-electron chi connectivity index (χ3n) is 5.01. The highest BCUT2D eigenvalue weighted by atomic mass is 16.4. The number of carbonyl (C=O) groups excluding carboxylic acids is 1. The summed E-state index contributed by atoms with van der Waals surface area (Å²) in [5.74, 6) is -1.31. The smallest absolute Gasteiger partial charge is 0.306 e. The fourth-order valence-electron chi connectivity index (χ4n) is 3.62. The highest BCUT2D eigenvalue weighted by Gasteiger charge is 2.30. The molecule has 24 heavy (non-hydrogen) atoms. The van der Waals surface area contributed by atoms with Gasteiger partial charge in [0.25, 0.3) is 0 Å². The number of nitrogens with one attached hydrogen (secondary N) is 2. The molecule has 2 atom stereocenters. The summed E-state index contributed by atoms with van der Waals surface area (Å²) in [6.07, 6.45) is 5.53. The summed E-state index contributed by atoms with van der Waals surface area (Å²) < 4.78 is 0. The van der Waals surface area contributed by atoms with E-state index < -0.39 is 5.97 Å². The molecule has 0 bridgehead atoms. The van der Waals surface area contributed by atoms with Gasteiger partial charge in [0.05, 0.1) is 5.92 Å². The number of hydrogen-bond donors (Lipinski definition) is 3. The summed E-state index contributed by atoms with van der Waals surface area (Å²) in [6, 6.07) is 6.31. The number of aliphatic carboxylic acids is 1. The van der Waals surface area contributed by atoms with Gasteiger partial charge in [0.15, 0.2) is 0 Å². The first-order valence-electron chi connectivity index (χ1n) is 8.61. The molecule has 1 heterocycles. The van der Waals surface area contributed by atoms with Crippen LogP contribution in [-0.4, -0.2) is 28.5 Å². The van der Waals surface area contributed by atoms with Crippen molar-refractivity contribution in [2.75, 3.05) is 6.54 Å². The molecule has 0 saturated heterocycles. The van der Waals surface area contributed by atoms with Gasteiger partial charge in [0, 0.05) is 29.6 Å². The number of carbonyl (C=O) groups is 2. The largest absolute Gasteiger partial charge is 0.481 e. The van der Waals surface area contributed by atoms with Crippen LogP contribution in [0.1, 0.15) is 36.8 Å². The van der Waals surface area contributed by atoms with Crippen molar-refractivity contribution in [2.24, 2.45) is 11.8 Å². The Morgan fingerprint density at radius 2 is 2.08 bits per heavy atom. The van der Waals surface area contributed by atoms with E-state index in [0.717, 1.165) is 24.8 Å². The molecule has 2 aromatic rings. The Labute approximate surface area is 141 Å². The molecule has 5 heteroatoms. The topological polar surface area (TPSA) is 82.2 Å². The molecule has 0 radical (unpaired) electrons. The molecule has 0 spiro atoms. The number of carboxylic acids is 1. The predicted molar refractivity (Wildman–Crippen MR) is 92.8 cm³/mol. The fraction of sp³-hybridized carbons (Fsp3) is 0.474. The van der Waals surface area contributed by atoms with Crippen LogP contribution in [0.15, 0.2) is 24.4 Å². The molecule has 1 fully saturated rings. The van der Waals surface area contributed by atoms with Crippen LogP contribution < -0.4 is 5.32 Å². The van der Waals surface area contributed by atoms with E-state index >= 15 is 0 Å². The first-order chi connectivity index (χ1) is 11.5. The summed E-state index contributed by atoms with van der Waals surface area (Å²) in [6.45, 7) is 2.64. The van der Waals surface area contributed by atoms with Gasteiger partial charge in [-0.2, -0.15) is 0 Å². The molecule has 1 aliphatic carbocycles. The lowest BCUT2D eigenvalue weighted by Crippen LogP contribution is -2.36. The molecule has 3 N–H and O–H groups in total. The number of aromatic amines is 1. The molecule has 1 saturated carbocycles. The second-order valence-electron chi connectivity index (χ2n) is 6.80. The van der Waals surface area contributed by atoms with Crippen LogP contribution >= 0.6 is 0 Å². The second-order valence-corrected chi connectivity index (χ2v) is 6.80. The minimum atomic E-state index is -0.776. The number of rotatable bonds is 5. The predicted octanol–water partition coefficient (Wildman–Crippen LogP) is 3.03. The number of fused-ring (bicyclic) bond motifs is 1. The van der Waals surface area contributed by atoms with Crippen LogP contribution in [0, 0.1) is 18.8 Å². The molecule has 1 aliphatic rings. The second kappa shape index (κ2) is 7.07. The first kappa shape index (κ1) is 16.6. The van der Waals surface area contributed by atoms with E-state index in [2.05, 4.69) is 35.4 Å². The van der Waals surface area contributed by atoms with Crippen molar-refractivity contribution in [1.29, 1.82) is 0 Å². The van der Waals surface area contributed by atoms with Crippen LogP contribution in [0.4, 0.5) is 0 Å². The highest BCUT2D eigenvalue weighted by Crippen LogP contribution is 2.29. The highest BCUT2D eigenvalue weighted by molar-refractivity contribution is 5.84. The number of benzene rings is 1. The van der Waals surface area contributed by atoms with Gasteiger partial charge >= 0.3 is 5.97 Å². The molecular formula is C19H24N2O3. The van der Waals surface area contributed by atoms with E-state index in [0.29, 0.717) is 19.4 Å². The van der Waals surface area contributed by atoms with Crippen molar-refractivity contribution in [3.05, 3.63) is 35.5 Å². The number of amides is 1. The lowest BCUT2D eigenvalue weighted by atomic mass is 9.81. The van der Waals surface area contributed by atoms with Gasteiger partial charge < -0.3 is 15.4 Å². The first-order valence-corrected chi connectivity index (χ1v) is 8.61. The Kier molecular flexibility index (Phi) is 4.88. The third-order valence-corrected chi connectivity index (χ3v) is 5.01. The minimum absolute atomic E-state index is 0.00312. The minimum Gasteiger partial charge on any atom is -0.481 e. The fourth-order valence-corrected chi connectivity index (χ4v) is 3.62. The lowest BCUT2D eigenvalue weighted by molar-refractivity contribution is -0.144. The Morgan fingerprint density at radius 3 is 2.88 bits per heavy atom. The van der Waals surface area contributed by atoms with Crippen molar-refractivity contribution in [3.8, 4) is 0 Å². The van der Waals surface area contributed by atoms with E-state index in [1.807, 2.05) is 6.20 Å².